The number of aromatic nitrogens is 5. The first-order chi connectivity index (χ1) is 13.9. The first kappa shape index (κ1) is 19.8. The van der Waals surface area contributed by atoms with E-state index < -0.39 is 0 Å². The molecule has 1 atom stereocenters. The van der Waals surface area contributed by atoms with Gasteiger partial charge in [-0.05, 0) is 92.2 Å². The Morgan fingerprint density at radius 2 is 1.93 bits per heavy atom. The zero-order valence-electron chi connectivity index (χ0n) is 17.8. The number of likely N-dealkylation sites (tertiary alicyclic amines) is 1. The Bertz CT molecular complexity index is 1060. The molecule has 0 saturated carbocycles. The molecule has 0 spiro atoms. The van der Waals surface area contributed by atoms with Crippen molar-refractivity contribution in [3.05, 3.63) is 51.6 Å². The summed E-state index contributed by atoms with van der Waals surface area (Å²) in [6.07, 6.45) is 4.11. The van der Waals surface area contributed by atoms with Gasteiger partial charge in [0.1, 0.15) is 6.04 Å². The molecule has 0 amide bonds. The molecule has 2 aromatic heterocycles. The molecule has 0 aliphatic carbocycles. The third-order valence-electron chi connectivity index (χ3n) is 6.32. The van der Waals surface area contributed by atoms with E-state index in [0.29, 0.717) is 0 Å². The fourth-order valence-electron chi connectivity index (χ4n) is 4.14. The topological polar surface area (TPSA) is 79.7 Å². The molecule has 154 valence electrons. The van der Waals surface area contributed by atoms with Crippen LogP contribution in [0.2, 0.25) is 0 Å². The minimum Gasteiger partial charge on any atom is -0.322 e. The van der Waals surface area contributed by atoms with Crippen molar-refractivity contribution >= 4 is 10.9 Å². The number of rotatable bonds is 6. The van der Waals surface area contributed by atoms with Crippen LogP contribution in [0.3, 0.4) is 0 Å². The lowest BCUT2D eigenvalue weighted by molar-refractivity contribution is 0.230. The number of tetrazole rings is 1. The van der Waals surface area contributed by atoms with E-state index in [0.717, 1.165) is 61.1 Å². The Morgan fingerprint density at radius 3 is 2.62 bits per heavy atom. The largest absolute Gasteiger partial charge is 0.322 e. The minimum atomic E-state index is -0.253. The maximum atomic E-state index is 13.2. The van der Waals surface area contributed by atoms with Crippen LogP contribution in [0, 0.1) is 0 Å². The standard InChI is InChI=1S/C22H30N6O/c1-5-15-9-10-18-16(13-15)14-17(21(29)23-18)19(27-11-7-8-12-27)20-24-25-26-28(20)22(3,4)6-2/h9-10,13-14,19H,5-8,11-12H2,1-4H3,(H,23,29)/t19-/m0/s1. The van der Waals surface area contributed by atoms with Crippen molar-refractivity contribution < 1.29 is 0 Å². The number of pyridine rings is 1. The van der Waals surface area contributed by atoms with Crippen molar-refractivity contribution in [2.45, 2.75) is 65.0 Å². The summed E-state index contributed by atoms with van der Waals surface area (Å²) in [5.41, 5.74) is 2.54. The SMILES string of the molecule is CCc1ccc2[nH]c(=O)c([C@@H](c3nnnn3C(C)(C)CC)N3CCCC3)cc2c1. The second kappa shape index (κ2) is 7.71. The fraction of sp³-hybridized carbons (Fsp3) is 0.545. The zero-order chi connectivity index (χ0) is 20.6. The average Bonchev–Trinajstić information content (AvgIpc) is 3.41. The first-order valence-electron chi connectivity index (χ1n) is 10.6. The van der Waals surface area contributed by atoms with Crippen molar-refractivity contribution in [3.63, 3.8) is 0 Å². The molecule has 1 fully saturated rings. The van der Waals surface area contributed by atoms with Crippen LogP contribution in [-0.2, 0) is 12.0 Å². The molecule has 1 aromatic carbocycles. The lowest BCUT2D eigenvalue weighted by Gasteiger charge is -2.30. The van der Waals surface area contributed by atoms with Crippen LogP contribution in [0.4, 0.5) is 0 Å². The summed E-state index contributed by atoms with van der Waals surface area (Å²) in [6, 6.07) is 8.01. The summed E-state index contributed by atoms with van der Waals surface area (Å²) in [6.45, 7) is 10.4. The molecule has 0 bridgehead atoms. The summed E-state index contributed by atoms with van der Waals surface area (Å²) in [4.78, 5) is 18.6. The van der Waals surface area contributed by atoms with Crippen LogP contribution in [0.15, 0.2) is 29.1 Å². The predicted octanol–water partition coefficient (Wildman–Crippen LogP) is 3.41. The van der Waals surface area contributed by atoms with Gasteiger partial charge in [-0.1, -0.05) is 19.9 Å². The van der Waals surface area contributed by atoms with Crippen LogP contribution < -0.4 is 5.56 Å². The van der Waals surface area contributed by atoms with Crippen molar-refractivity contribution in [2.75, 3.05) is 13.1 Å². The molecule has 4 rings (SSSR count). The van der Waals surface area contributed by atoms with Crippen molar-refractivity contribution in [3.8, 4) is 0 Å². The molecule has 7 nitrogen and oxygen atoms in total. The number of fused-ring (bicyclic) bond motifs is 1. The number of aromatic amines is 1. The molecule has 3 heterocycles. The lowest BCUT2D eigenvalue weighted by Crippen LogP contribution is -2.37. The van der Waals surface area contributed by atoms with Gasteiger partial charge in [0.25, 0.3) is 5.56 Å². The molecular formula is C22H30N6O. The Hall–Kier alpha value is -2.54. The maximum absolute atomic E-state index is 13.2. The number of benzene rings is 1. The van der Waals surface area contributed by atoms with Crippen molar-refractivity contribution in [2.24, 2.45) is 0 Å². The third kappa shape index (κ3) is 3.59. The Balaban J connectivity index is 1.91. The number of aryl methyl sites for hydroxylation is 1. The highest BCUT2D eigenvalue weighted by atomic mass is 16.1. The molecular weight excluding hydrogens is 364 g/mol. The van der Waals surface area contributed by atoms with E-state index >= 15 is 0 Å². The number of hydrogen-bond donors (Lipinski definition) is 1. The summed E-state index contributed by atoms with van der Waals surface area (Å²) in [7, 11) is 0. The highest BCUT2D eigenvalue weighted by molar-refractivity contribution is 5.80. The smallest absolute Gasteiger partial charge is 0.253 e. The van der Waals surface area contributed by atoms with E-state index in [4.69, 9.17) is 0 Å². The number of nitrogens with zero attached hydrogens (tertiary/aromatic N) is 5. The number of nitrogens with one attached hydrogen (secondary N) is 1. The monoisotopic (exact) mass is 394 g/mol. The van der Waals surface area contributed by atoms with Gasteiger partial charge >= 0.3 is 0 Å². The Morgan fingerprint density at radius 1 is 1.17 bits per heavy atom. The Kier molecular flexibility index (Phi) is 5.25. The minimum absolute atomic E-state index is 0.0671. The summed E-state index contributed by atoms with van der Waals surface area (Å²) >= 11 is 0. The number of hydrogen-bond acceptors (Lipinski definition) is 5. The van der Waals surface area contributed by atoms with Gasteiger partial charge in [0.05, 0.1) is 5.54 Å². The molecule has 0 radical (unpaired) electrons. The maximum Gasteiger partial charge on any atom is 0.253 e. The van der Waals surface area contributed by atoms with Gasteiger partial charge in [-0.3, -0.25) is 9.69 Å². The zero-order valence-corrected chi connectivity index (χ0v) is 17.8. The second-order valence-corrected chi connectivity index (χ2v) is 8.59. The third-order valence-corrected chi connectivity index (χ3v) is 6.32. The molecule has 0 unspecified atom stereocenters. The fourth-order valence-corrected chi connectivity index (χ4v) is 4.14. The second-order valence-electron chi connectivity index (χ2n) is 8.59. The molecule has 1 N–H and O–H groups in total. The van der Waals surface area contributed by atoms with E-state index in [9.17, 15) is 4.79 Å². The van der Waals surface area contributed by atoms with Gasteiger partial charge < -0.3 is 4.98 Å². The average molecular weight is 395 g/mol. The van der Waals surface area contributed by atoms with Gasteiger partial charge in [-0.25, -0.2) is 4.68 Å². The van der Waals surface area contributed by atoms with Crippen molar-refractivity contribution in [1.29, 1.82) is 0 Å². The van der Waals surface area contributed by atoms with Crippen LogP contribution in [0.5, 0.6) is 0 Å². The van der Waals surface area contributed by atoms with Gasteiger partial charge in [-0.2, -0.15) is 0 Å². The van der Waals surface area contributed by atoms with E-state index in [1.165, 1.54) is 5.56 Å². The highest BCUT2D eigenvalue weighted by Crippen LogP contribution is 2.32. The van der Waals surface area contributed by atoms with E-state index in [1.54, 1.807) is 0 Å². The lowest BCUT2D eigenvalue weighted by atomic mass is 9.99. The quantitative estimate of drug-likeness (QED) is 0.693. The summed E-state index contributed by atoms with van der Waals surface area (Å²) in [5, 5.41) is 13.8. The van der Waals surface area contributed by atoms with E-state index in [-0.39, 0.29) is 17.1 Å². The predicted molar refractivity (Wildman–Crippen MR) is 114 cm³/mol. The Labute approximate surface area is 171 Å². The van der Waals surface area contributed by atoms with E-state index in [2.05, 4.69) is 65.2 Å². The van der Waals surface area contributed by atoms with E-state index in [1.807, 2.05) is 16.8 Å². The summed E-state index contributed by atoms with van der Waals surface area (Å²) < 4.78 is 1.90. The molecule has 1 aliphatic heterocycles. The summed E-state index contributed by atoms with van der Waals surface area (Å²) in [5.74, 6) is 0.746. The van der Waals surface area contributed by atoms with Gasteiger partial charge in [0, 0.05) is 11.1 Å². The normalized spacial score (nSPS) is 16.6. The van der Waals surface area contributed by atoms with Crippen LogP contribution in [0.1, 0.15) is 70.0 Å². The first-order valence-corrected chi connectivity index (χ1v) is 10.6. The van der Waals surface area contributed by atoms with Crippen LogP contribution >= 0.6 is 0 Å². The van der Waals surface area contributed by atoms with Crippen LogP contribution in [-0.4, -0.2) is 43.2 Å². The highest BCUT2D eigenvalue weighted by Gasteiger charge is 2.35. The van der Waals surface area contributed by atoms with Crippen molar-refractivity contribution in [1.82, 2.24) is 30.1 Å². The molecule has 3 aromatic rings. The van der Waals surface area contributed by atoms with Crippen LogP contribution in [0.25, 0.3) is 10.9 Å². The molecule has 1 saturated heterocycles. The van der Waals surface area contributed by atoms with Gasteiger partial charge in [0.15, 0.2) is 5.82 Å². The number of H-pyrrole nitrogens is 1. The molecule has 7 heteroatoms. The van der Waals surface area contributed by atoms with Gasteiger partial charge in [0.2, 0.25) is 0 Å². The molecule has 1 aliphatic rings. The van der Waals surface area contributed by atoms with Gasteiger partial charge in [-0.15, -0.1) is 5.10 Å². The molecule has 29 heavy (non-hydrogen) atoms.